The summed E-state index contributed by atoms with van der Waals surface area (Å²) >= 11 is 1.80. The van der Waals surface area contributed by atoms with Gasteiger partial charge in [0.15, 0.2) is 6.29 Å². The van der Waals surface area contributed by atoms with Crippen molar-refractivity contribution in [2.24, 2.45) is 0 Å². The van der Waals surface area contributed by atoms with Crippen LogP contribution < -0.4 is 0 Å². The minimum Gasteiger partial charge on any atom is -0.352 e. The SMILES string of the molecule is CCOC(CN(CC)Cc1cccs1)OCC. The third kappa shape index (κ3) is 5.64. The van der Waals surface area contributed by atoms with E-state index >= 15 is 0 Å². The molecule has 0 N–H and O–H groups in total. The van der Waals surface area contributed by atoms with Crippen LogP contribution in [0, 0.1) is 0 Å². The van der Waals surface area contributed by atoms with Gasteiger partial charge in [-0.05, 0) is 31.8 Å². The van der Waals surface area contributed by atoms with Crippen LogP contribution >= 0.6 is 11.3 Å². The molecule has 0 bridgehead atoms. The normalized spacial score (nSPS) is 11.6. The molecule has 1 aromatic rings. The van der Waals surface area contributed by atoms with E-state index in [4.69, 9.17) is 9.47 Å². The number of ether oxygens (including phenoxy) is 2. The molecule has 0 atom stereocenters. The average Bonchev–Trinajstić information content (AvgIpc) is 2.81. The van der Waals surface area contributed by atoms with Crippen molar-refractivity contribution < 1.29 is 9.47 Å². The average molecular weight is 257 g/mol. The molecule has 98 valence electrons. The number of nitrogens with zero attached hydrogens (tertiary/aromatic N) is 1. The van der Waals surface area contributed by atoms with Crippen LogP contribution in [0.25, 0.3) is 0 Å². The van der Waals surface area contributed by atoms with Crippen molar-refractivity contribution in [2.45, 2.75) is 33.6 Å². The summed E-state index contributed by atoms with van der Waals surface area (Å²) in [7, 11) is 0. The van der Waals surface area contributed by atoms with E-state index in [1.165, 1.54) is 4.88 Å². The van der Waals surface area contributed by atoms with E-state index in [-0.39, 0.29) is 6.29 Å². The molecule has 1 heterocycles. The highest BCUT2D eigenvalue weighted by Gasteiger charge is 2.13. The lowest BCUT2D eigenvalue weighted by atomic mass is 10.4. The number of rotatable bonds is 9. The minimum absolute atomic E-state index is 0.107. The molecule has 0 aromatic carbocycles. The molecular weight excluding hydrogens is 234 g/mol. The third-order valence-corrected chi connectivity index (χ3v) is 3.38. The van der Waals surface area contributed by atoms with Gasteiger partial charge in [-0.15, -0.1) is 11.3 Å². The zero-order valence-electron chi connectivity index (χ0n) is 11.0. The van der Waals surface area contributed by atoms with Crippen LogP contribution in [-0.2, 0) is 16.0 Å². The molecule has 0 saturated heterocycles. The summed E-state index contributed by atoms with van der Waals surface area (Å²) in [6.45, 7) is 10.4. The van der Waals surface area contributed by atoms with Gasteiger partial charge in [-0.3, -0.25) is 4.90 Å². The monoisotopic (exact) mass is 257 g/mol. The van der Waals surface area contributed by atoms with Crippen molar-refractivity contribution in [2.75, 3.05) is 26.3 Å². The second-order valence-electron chi connectivity index (χ2n) is 3.75. The predicted octanol–water partition coefficient (Wildman–Crippen LogP) is 2.97. The van der Waals surface area contributed by atoms with Crippen molar-refractivity contribution in [3.05, 3.63) is 22.4 Å². The second-order valence-corrected chi connectivity index (χ2v) is 4.78. The van der Waals surface area contributed by atoms with Crippen LogP contribution in [0.3, 0.4) is 0 Å². The number of hydrogen-bond donors (Lipinski definition) is 0. The lowest BCUT2D eigenvalue weighted by Crippen LogP contribution is -2.35. The molecule has 4 heteroatoms. The Labute approximate surface area is 108 Å². The first-order valence-corrected chi connectivity index (χ1v) is 7.16. The molecule has 1 rings (SSSR count). The maximum atomic E-state index is 5.57. The molecule has 0 radical (unpaired) electrons. The van der Waals surface area contributed by atoms with Crippen LogP contribution in [0.15, 0.2) is 17.5 Å². The Balaban J connectivity index is 2.43. The summed E-state index contributed by atoms with van der Waals surface area (Å²) in [4.78, 5) is 3.74. The maximum absolute atomic E-state index is 5.57. The van der Waals surface area contributed by atoms with Gasteiger partial charge in [0.25, 0.3) is 0 Å². The maximum Gasteiger partial charge on any atom is 0.170 e. The van der Waals surface area contributed by atoms with Gasteiger partial charge in [-0.1, -0.05) is 13.0 Å². The highest BCUT2D eigenvalue weighted by atomic mass is 32.1. The molecular formula is C13H23NO2S. The standard InChI is InChI=1S/C13H23NO2S/c1-4-14(10-12-8-7-9-17-12)11-13(15-5-2)16-6-3/h7-9,13H,4-6,10-11H2,1-3H3. The van der Waals surface area contributed by atoms with E-state index in [0.717, 1.165) is 19.6 Å². The Hall–Kier alpha value is -0.420. The van der Waals surface area contributed by atoms with Gasteiger partial charge >= 0.3 is 0 Å². The summed E-state index contributed by atoms with van der Waals surface area (Å²) < 4.78 is 11.1. The lowest BCUT2D eigenvalue weighted by molar-refractivity contribution is -0.147. The fourth-order valence-corrected chi connectivity index (χ4v) is 2.41. The first-order valence-electron chi connectivity index (χ1n) is 6.28. The molecule has 0 saturated carbocycles. The fourth-order valence-electron chi connectivity index (χ4n) is 1.66. The van der Waals surface area contributed by atoms with E-state index in [9.17, 15) is 0 Å². The molecule has 1 aromatic heterocycles. The smallest absolute Gasteiger partial charge is 0.170 e. The summed E-state index contributed by atoms with van der Waals surface area (Å²) in [6.07, 6.45) is -0.107. The summed E-state index contributed by atoms with van der Waals surface area (Å²) in [5.41, 5.74) is 0. The van der Waals surface area contributed by atoms with Crippen molar-refractivity contribution in [1.82, 2.24) is 4.90 Å². The quantitative estimate of drug-likeness (QED) is 0.635. The van der Waals surface area contributed by atoms with Gasteiger partial charge in [0, 0.05) is 31.2 Å². The predicted molar refractivity (Wildman–Crippen MR) is 72.3 cm³/mol. The van der Waals surface area contributed by atoms with Crippen LogP contribution in [0.4, 0.5) is 0 Å². The van der Waals surface area contributed by atoms with E-state index in [2.05, 4.69) is 29.3 Å². The highest BCUT2D eigenvalue weighted by molar-refractivity contribution is 7.09. The van der Waals surface area contributed by atoms with Crippen molar-refractivity contribution in [3.8, 4) is 0 Å². The molecule has 0 aliphatic rings. The number of thiophene rings is 1. The van der Waals surface area contributed by atoms with Crippen LogP contribution in [-0.4, -0.2) is 37.5 Å². The molecule has 0 fully saturated rings. The topological polar surface area (TPSA) is 21.7 Å². The first kappa shape index (κ1) is 14.6. The molecule has 3 nitrogen and oxygen atoms in total. The van der Waals surface area contributed by atoms with Crippen molar-refractivity contribution in [1.29, 1.82) is 0 Å². The van der Waals surface area contributed by atoms with Gasteiger partial charge < -0.3 is 9.47 Å². The highest BCUT2D eigenvalue weighted by Crippen LogP contribution is 2.12. The Bertz CT molecular complexity index is 271. The zero-order chi connectivity index (χ0) is 12.5. The summed E-state index contributed by atoms with van der Waals surface area (Å²) in [5, 5.41) is 2.12. The van der Waals surface area contributed by atoms with Gasteiger partial charge in [-0.25, -0.2) is 0 Å². The van der Waals surface area contributed by atoms with E-state index in [1.54, 1.807) is 11.3 Å². The zero-order valence-corrected chi connectivity index (χ0v) is 11.8. The lowest BCUT2D eigenvalue weighted by Gasteiger charge is -2.25. The molecule has 17 heavy (non-hydrogen) atoms. The van der Waals surface area contributed by atoms with Gasteiger partial charge in [0.05, 0.1) is 0 Å². The van der Waals surface area contributed by atoms with Gasteiger partial charge in [-0.2, -0.15) is 0 Å². The minimum atomic E-state index is -0.107. The van der Waals surface area contributed by atoms with Crippen LogP contribution in [0.1, 0.15) is 25.6 Å². The molecule has 0 aliphatic carbocycles. The Morgan fingerprint density at radius 1 is 1.24 bits per heavy atom. The van der Waals surface area contributed by atoms with Crippen LogP contribution in [0.2, 0.25) is 0 Å². The summed E-state index contributed by atoms with van der Waals surface area (Å²) in [6, 6.07) is 4.26. The van der Waals surface area contributed by atoms with E-state index < -0.39 is 0 Å². The Morgan fingerprint density at radius 3 is 2.41 bits per heavy atom. The molecule has 0 spiro atoms. The summed E-state index contributed by atoms with van der Waals surface area (Å²) in [5.74, 6) is 0. The van der Waals surface area contributed by atoms with Crippen LogP contribution in [0.5, 0.6) is 0 Å². The molecule has 0 amide bonds. The molecule has 0 aliphatic heterocycles. The van der Waals surface area contributed by atoms with E-state index in [1.807, 2.05) is 13.8 Å². The largest absolute Gasteiger partial charge is 0.352 e. The first-order chi connectivity index (χ1) is 8.30. The van der Waals surface area contributed by atoms with Gasteiger partial charge in [0.1, 0.15) is 0 Å². The van der Waals surface area contributed by atoms with Crippen molar-refractivity contribution in [3.63, 3.8) is 0 Å². The second kappa shape index (κ2) is 8.64. The Kier molecular flexibility index (Phi) is 7.44. The number of likely N-dealkylation sites (N-methyl/N-ethyl adjacent to an activating group) is 1. The third-order valence-electron chi connectivity index (χ3n) is 2.52. The Morgan fingerprint density at radius 2 is 1.94 bits per heavy atom. The fraction of sp³-hybridized carbons (Fsp3) is 0.692. The van der Waals surface area contributed by atoms with Crippen molar-refractivity contribution >= 4 is 11.3 Å². The van der Waals surface area contributed by atoms with Gasteiger partial charge in [0.2, 0.25) is 0 Å². The molecule has 0 unspecified atom stereocenters. The van der Waals surface area contributed by atoms with E-state index in [0.29, 0.717) is 13.2 Å². The number of hydrogen-bond acceptors (Lipinski definition) is 4.